The molecular formula is C12H12N4O4. The number of aromatic nitrogens is 3. The molecule has 0 saturated carbocycles. The lowest BCUT2D eigenvalue weighted by molar-refractivity contribution is 0.0696. The maximum Gasteiger partial charge on any atom is 0.335 e. The van der Waals surface area contributed by atoms with E-state index in [0.717, 1.165) is 0 Å². The van der Waals surface area contributed by atoms with Gasteiger partial charge in [-0.3, -0.25) is 9.89 Å². The first kappa shape index (κ1) is 13.7. The zero-order valence-electron chi connectivity index (χ0n) is 10.4. The molecule has 0 aliphatic carbocycles. The number of nitrogens with one attached hydrogen (secondary N) is 1. The Morgan fingerprint density at radius 2 is 1.95 bits per heavy atom. The number of hydrogen-bond acceptors (Lipinski definition) is 5. The molecule has 0 bridgehead atoms. The number of aliphatic hydroxyl groups is 1. The predicted octanol–water partition coefficient (Wildman–Crippen LogP) is 0.142. The largest absolute Gasteiger partial charge is 0.478 e. The molecule has 2 rings (SSSR count). The molecule has 2 aromatic rings. The van der Waals surface area contributed by atoms with Gasteiger partial charge in [0.05, 0.1) is 12.2 Å². The third-order valence-corrected chi connectivity index (χ3v) is 2.61. The highest BCUT2D eigenvalue weighted by Crippen LogP contribution is 2.17. The van der Waals surface area contributed by atoms with Crippen molar-refractivity contribution in [2.75, 3.05) is 18.1 Å². The quantitative estimate of drug-likeness (QED) is 0.714. The zero-order chi connectivity index (χ0) is 14.5. The minimum Gasteiger partial charge on any atom is -0.478 e. The van der Waals surface area contributed by atoms with E-state index in [0.29, 0.717) is 5.69 Å². The first-order valence-electron chi connectivity index (χ1n) is 5.75. The number of amides is 1. The van der Waals surface area contributed by atoms with Gasteiger partial charge in [-0.2, -0.15) is 5.10 Å². The van der Waals surface area contributed by atoms with E-state index in [2.05, 4.69) is 15.2 Å². The maximum atomic E-state index is 12.2. The van der Waals surface area contributed by atoms with Gasteiger partial charge in [0.15, 0.2) is 0 Å². The lowest BCUT2D eigenvalue weighted by Gasteiger charge is -2.20. The summed E-state index contributed by atoms with van der Waals surface area (Å²) in [4.78, 5) is 28.0. The van der Waals surface area contributed by atoms with Crippen LogP contribution in [0, 0.1) is 0 Å². The van der Waals surface area contributed by atoms with Crippen LogP contribution in [0.1, 0.15) is 21.0 Å². The van der Waals surface area contributed by atoms with Crippen LogP contribution in [0.25, 0.3) is 0 Å². The fourth-order valence-corrected chi connectivity index (χ4v) is 1.67. The molecule has 0 aliphatic heterocycles. The van der Waals surface area contributed by atoms with Gasteiger partial charge in [0.1, 0.15) is 6.33 Å². The van der Waals surface area contributed by atoms with Crippen LogP contribution >= 0.6 is 0 Å². The highest BCUT2D eigenvalue weighted by atomic mass is 16.4. The summed E-state index contributed by atoms with van der Waals surface area (Å²) >= 11 is 0. The molecule has 3 N–H and O–H groups in total. The monoisotopic (exact) mass is 276 g/mol. The van der Waals surface area contributed by atoms with E-state index in [9.17, 15) is 9.59 Å². The van der Waals surface area contributed by atoms with Gasteiger partial charge in [-0.1, -0.05) is 0 Å². The van der Waals surface area contributed by atoms with E-state index in [1.165, 1.54) is 35.5 Å². The Morgan fingerprint density at radius 1 is 1.25 bits per heavy atom. The van der Waals surface area contributed by atoms with Crippen molar-refractivity contribution in [2.24, 2.45) is 0 Å². The van der Waals surface area contributed by atoms with Gasteiger partial charge in [-0.05, 0) is 24.3 Å². The van der Waals surface area contributed by atoms with Gasteiger partial charge in [-0.15, -0.1) is 0 Å². The summed E-state index contributed by atoms with van der Waals surface area (Å²) in [5, 5.41) is 23.9. The van der Waals surface area contributed by atoms with Crippen LogP contribution in [-0.4, -0.2) is 50.4 Å². The number of carboxylic acid groups (broad SMARTS) is 1. The van der Waals surface area contributed by atoms with Gasteiger partial charge < -0.3 is 15.1 Å². The fourth-order valence-electron chi connectivity index (χ4n) is 1.67. The van der Waals surface area contributed by atoms with Gasteiger partial charge in [-0.25, -0.2) is 9.78 Å². The Bertz CT molecular complexity index is 594. The molecule has 104 valence electrons. The van der Waals surface area contributed by atoms with Crippen molar-refractivity contribution in [3.8, 4) is 0 Å². The van der Waals surface area contributed by atoms with Gasteiger partial charge in [0, 0.05) is 12.2 Å². The Kier molecular flexibility index (Phi) is 4.06. The van der Waals surface area contributed by atoms with Crippen molar-refractivity contribution < 1.29 is 19.8 Å². The van der Waals surface area contributed by atoms with Crippen LogP contribution in [0.15, 0.2) is 30.6 Å². The molecule has 0 saturated heterocycles. The summed E-state index contributed by atoms with van der Waals surface area (Å²) in [6, 6.07) is 5.76. The number of carbonyl (C=O) groups excluding carboxylic acids is 1. The topological polar surface area (TPSA) is 119 Å². The molecule has 0 fully saturated rings. The number of carboxylic acids is 1. The number of anilines is 1. The number of aromatic carboxylic acids is 1. The fraction of sp³-hybridized carbons (Fsp3) is 0.167. The molecule has 1 amide bonds. The van der Waals surface area contributed by atoms with E-state index < -0.39 is 11.9 Å². The standard InChI is InChI=1S/C12H12N4O4/c17-6-5-16(11(18)10-13-7-14-15-10)9-3-1-8(2-4-9)12(19)20/h1-4,7,17H,5-6H2,(H,19,20)(H,13,14,15). The van der Waals surface area contributed by atoms with E-state index in [-0.39, 0.29) is 24.5 Å². The molecular weight excluding hydrogens is 264 g/mol. The lowest BCUT2D eigenvalue weighted by Crippen LogP contribution is -2.34. The summed E-state index contributed by atoms with van der Waals surface area (Å²) in [5.74, 6) is -1.47. The summed E-state index contributed by atoms with van der Waals surface area (Å²) < 4.78 is 0. The molecule has 0 atom stereocenters. The maximum absolute atomic E-state index is 12.2. The lowest BCUT2D eigenvalue weighted by atomic mass is 10.2. The van der Waals surface area contributed by atoms with Crippen molar-refractivity contribution in [2.45, 2.75) is 0 Å². The predicted molar refractivity (Wildman–Crippen MR) is 68.5 cm³/mol. The van der Waals surface area contributed by atoms with Crippen molar-refractivity contribution in [3.63, 3.8) is 0 Å². The molecule has 8 nitrogen and oxygen atoms in total. The normalized spacial score (nSPS) is 10.2. The number of nitrogens with zero attached hydrogens (tertiary/aromatic N) is 3. The zero-order valence-corrected chi connectivity index (χ0v) is 10.4. The van der Waals surface area contributed by atoms with Gasteiger partial charge in [0.25, 0.3) is 5.91 Å². The summed E-state index contributed by atoms with van der Waals surface area (Å²) in [6.07, 6.45) is 1.21. The minimum absolute atomic E-state index is 0.0424. The van der Waals surface area contributed by atoms with E-state index in [4.69, 9.17) is 10.2 Å². The number of aliphatic hydroxyl groups excluding tert-OH is 1. The van der Waals surface area contributed by atoms with Crippen LogP contribution in [0.2, 0.25) is 0 Å². The second-order valence-corrected chi connectivity index (χ2v) is 3.87. The van der Waals surface area contributed by atoms with E-state index >= 15 is 0 Å². The number of rotatable bonds is 5. The van der Waals surface area contributed by atoms with Crippen LogP contribution in [0.5, 0.6) is 0 Å². The average molecular weight is 276 g/mol. The third kappa shape index (κ3) is 2.81. The Hall–Kier alpha value is -2.74. The van der Waals surface area contributed by atoms with Crippen LogP contribution in [0.3, 0.4) is 0 Å². The van der Waals surface area contributed by atoms with Crippen molar-refractivity contribution in [1.82, 2.24) is 15.2 Å². The highest BCUT2D eigenvalue weighted by molar-refractivity contribution is 6.03. The Morgan fingerprint density at radius 3 is 2.45 bits per heavy atom. The number of benzene rings is 1. The number of H-pyrrole nitrogens is 1. The van der Waals surface area contributed by atoms with Crippen molar-refractivity contribution >= 4 is 17.6 Å². The molecule has 0 unspecified atom stereocenters. The molecule has 0 radical (unpaired) electrons. The van der Waals surface area contributed by atoms with Crippen molar-refractivity contribution in [1.29, 1.82) is 0 Å². The second kappa shape index (κ2) is 5.93. The first-order valence-corrected chi connectivity index (χ1v) is 5.75. The first-order chi connectivity index (χ1) is 9.63. The van der Waals surface area contributed by atoms with Crippen molar-refractivity contribution in [3.05, 3.63) is 42.0 Å². The number of aromatic amines is 1. The average Bonchev–Trinajstić information content (AvgIpc) is 2.98. The van der Waals surface area contributed by atoms with Crippen LogP contribution in [0.4, 0.5) is 5.69 Å². The number of carbonyl (C=O) groups is 2. The van der Waals surface area contributed by atoms with Gasteiger partial charge in [0.2, 0.25) is 5.82 Å². The van der Waals surface area contributed by atoms with E-state index in [1.807, 2.05) is 0 Å². The van der Waals surface area contributed by atoms with Crippen LogP contribution < -0.4 is 4.90 Å². The summed E-state index contributed by atoms with van der Waals surface area (Å²) in [5.41, 5.74) is 0.579. The molecule has 8 heteroatoms. The summed E-state index contributed by atoms with van der Waals surface area (Å²) in [6.45, 7) is -0.174. The SMILES string of the molecule is O=C(O)c1ccc(N(CCO)C(=O)c2ncn[nH]2)cc1. The molecule has 0 aliphatic rings. The molecule has 20 heavy (non-hydrogen) atoms. The van der Waals surface area contributed by atoms with E-state index in [1.54, 1.807) is 0 Å². The minimum atomic E-state index is -1.05. The highest BCUT2D eigenvalue weighted by Gasteiger charge is 2.20. The van der Waals surface area contributed by atoms with Crippen LogP contribution in [-0.2, 0) is 0 Å². The Balaban J connectivity index is 2.28. The third-order valence-electron chi connectivity index (χ3n) is 2.61. The second-order valence-electron chi connectivity index (χ2n) is 3.87. The Labute approximate surface area is 113 Å². The molecule has 1 aromatic carbocycles. The molecule has 1 heterocycles. The molecule has 0 spiro atoms. The smallest absolute Gasteiger partial charge is 0.335 e. The van der Waals surface area contributed by atoms with Gasteiger partial charge >= 0.3 is 5.97 Å². The summed E-state index contributed by atoms with van der Waals surface area (Å²) in [7, 11) is 0. The molecule has 1 aromatic heterocycles. The number of hydrogen-bond donors (Lipinski definition) is 3.